The molecule has 146 valence electrons. The monoisotopic (exact) mass is 412 g/mol. The number of rotatable bonds is 12. The van der Waals surface area contributed by atoms with Crippen molar-refractivity contribution < 1.29 is 34.4 Å². The molecule has 0 amide bonds. The van der Waals surface area contributed by atoms with E-state index in [2.05, 4.69) is 13.1 Å². The number of sulfonamides is 2. The highest BCUT2D eigenvalue weighted by molar-refractivity contribution is 8.12. The first-order chi connectivity index (χ1) is 10.7. The fourth-order valence-electron chi connectivity index (χ4n) is 1.87. The number of unbranched alkanes of at least 4 members (excludes halogenated alkanes) is 5. The van der Waals surface area contributed by atoms with Gasteiger partial charge in [0.15, 0.2) is 18.3 Å². The second kappa shape index (κ2) is 9.50. The van der Waals surface area contributed by atoms with E-state index in [0.29, 0.717) is 6.42 Å². The Balaban J connectivity index is 3.96. The smallest absolute Gasteiger partial charge is 0.428 e. The van der Waals surface area contributed by atoms with E-state index in [1.807, 2.05) is 4.13 Å². The topological polar surface area (TPSA) is 91.6 Å². The second-order valence-corrected chi connectivity index (χ2v) is 14.1. The number of nitrogens with zero attached hydrogens (tertiary/aromatic N) is 1. The van der Waals surface area contributed by atoms with E-state index >= 15 is 0 Å². The summed E-state index contributed by atoms with van der Waals surface area (Å²) in [6.07, 6.45) is 4.18. The Labute approximate surface area is 143 Å². The van der Waals surface area contributed by atoms with Gasteiger partial charge in [0, 0.05) is 12.9 Å². The lowest BCUT2D eigenvalue weighted by Crippen LogP contribution is -2.27. The highest BCUT2D eigenvalue weighted by Crippen LogP contribution is 2.30. The van der Waals surface area contributed by atoms with Crippen LogP contribution < -0.4 is 0 Å². The van der Waals surface area contributed by atoms with Gasteiger partial charge in [-0.1, -0.05) is 32.1 Å². The van der Waals surface area contributed by atoms with E-state index in [0.717, 1.165) is 31.7 Å². The zero-order valence-corrected chi connectivity index (χ0v) is 16.7. The third kappa shape index (κ3) is 9.96. The molecule has 0 rings (SSSR count). The molecule has 0 fully saturated rings. The van der Waals surface area contributed by atoms with Crippen LogP contribution in [0.3, 0.4) is 0 Å². The fourth-order valence-corrected chi connectivity index (χ4v) is 5.58. The molecule has 0 unspecified atom stereocenters. The standard InChI is InChI=1S/C12H25F3NO5S2Si/c1-21-24(2,3)11-9-7-5-4-6-8-10-22(17,18)16-23(19,20)12(13,14)15/h4-11H2,1-3H3/q-1. The van der Waals surface area contributed by atoms with E-state index in [-0.39, 0.29) is 6.42 Å². The van der Waals surface area contributed by atoms with Crippen LogP contribution in [0.2, 0.25) is 19.1 Å². The van der Waals surface area contributed by atoms with Crippen LogP contribution in [-0.2, 0) is 24.5 Å². The van der Waals surface area contributed by atoms with E-state index in [1.165, 1.54) is 0 Å². The number of halogens is 3. The average Bonchev–Trinajstić information content (AvgIpc) is 2.39. The minimum atomic E-state index is -6.00. The Morgan fingerprint density at radius 1 is 0.917 bits per heavy atom. The van der Waals surface area contributed by atoms with Gasteiger partial charge in [-0.05, 0) is 25.6 Å². The molecule has 6 nitrogen and oxygen atoms in total. The first-order valence-electron chi connectivity index (χ1n) is 7.56. The van der Waals surface area contributed by atoms with Crippen LogP contribution in [-0.4, -0.2) is 43.5 Å². The molecular formula is C12H25F3NO5S2Si-. The Morgan fingerprint density at radius 3 is 1.83 bits per heavy atom. The Hall–Kier alpha value is -0.173. The van der Waals surface area contributed by atoms with Gasteiger partial charge in [-0.15, -0.1) is 0 Å². The molecule has 0 atom stereocenters. The van der Waals surface area contributed by atoms with Gasteiger partial charge in [-0.25, -0.2) is 16.8 Å². The summed E-state index contributed by atoms with van der Waals surface area (Å²) < 4.78 is 87.7. The third-order valence-corrected chi connectivity index (χ3v) is 9.23. The molecule has 0 saturated carbocycles. The van der Waals surface area contributed by atoms with Gasteiger partial charge >= 0.3 is 5.51 Å². The Morgan fingerprint density at radius 2 is 1.38 bits per heavy atom. The molecule has 0 spiro atoms. The minimum Gasteiger partial charge on any atom is -0.428 e. The molecule has 0 aliphatic heterocycles. The predicted octanol–water partition coefficient (Wildman–Crippen LogP) is 3.73. The van der Waals surface area contributed by atoms with Gasteiger partial charge < -0.3 is 8.55 Å². The predicted molar refractivity (Wildman–Crippen MR) is 89.1 cm³/mol. The molecule has 0 radical (unpaired) electrons. The largest absolute Gasteiger partial charge is 0.480 e. The summed E-state index contributed by atoms with van der Waals surface area (Å²) in [6, 6.07) is 1.03. The van der Waals surface area contributed by atoms with Crippen molar-refractivity contribution in [2.75, 3.05) is 12.9 Å². The lowest BCUT2D eigenvalue weighted by molar-refractivity contribution is -0.0425. The minimum absolute atomic E-state index is 0.0809. The fraction of sp³-hybridized carbons (Fsp3) is 1.00. The maximum absolute atomic E-state index is 12.1. The van der Waals surface area contributed by atoms with Gasteiger partial charge in [-0.2, -0.15) is 13.2 Å². The lowest BCUT2D eigenvalue weighted by Gasteiger charge is -2.21. The Bertz CT molecular complexity index is 576. The van der Waals surface area contributed by atoms with Gasteiger partial charge in [0.25, 0.3) is 0 Å². The van der Waals surface area contributed by atoms with Crippen LogP contribution in [0.15, 0.2) is 0 Å². The van der Waals surface area contributed by atoms with Crippen LogP contribution in [0, 0.1) is 0 Å². The zero-order chi connectivity index (χ0) is 19.1. The summed E-state index contributed by atoms with van der Waals surface area (Å²) in [6.45, 7) is 4.24. The molecule has 0 aliphatic carbocycles. The summed E-state index contributed by atoms with van der Waals surface area (Å²) >= 11 is 0. The number of alkyl halides is 3. The molecular weight excluding hydrogens is 387 g/mol. The van der Waals surface area contributed by atoms with Crippen LogP contribution in [0.1, 0.15) is 38.5 Å². The third-order valence-electron chi connectivity index (χ3n) is 3.49. The molecule has 0 bridgehead atoms. The van der Waals surface area contributed by atoms with Gasteiger partial charge in [0.05, 0.1) is 10.0 Å². The maximum Gasteiger partial charge on any atom is 0.480 e. The van der Waals surface area contributed by atoms with Gasteiger partial charge in [0.2, 0.25) is 0 Å². The van der Waals surface area contributed by atoms with Crippen molar-refractivity contribution in [3.05, 3.63) is 4.13 Å². The molecule has 24 heavy (non-hydrogen) atoms. The molecule has 0 aliphatic rings. The van der Waals surface area contributed by atoms with Crippen LogP contribution >= 0.6 is 0 Å². The van der Waals surface area contributed by atoms with Crippen molar-refractivity contribution in [2.24, 2.45) is 0 Å². The molecule has 0 heterocycles. The molecule has 0 aromatic carbocycles. The normalized spacial score (nSPS) is 14.1. The molecule has 12 heteroatoms. The van der Waals surface area contributed by atoms with Gasteiger partial charge in [0.1, 0.15) is 0 Å². The van der Waals surface area contributed by atoms with Crippen molar-refractivity contribution in [1.82, 2.24) is 0 Å². The summed E-state index contributed by atoms with van der Waals surface area (Å²) in [7, 11) is -10.5. The number of hydrogen-bond acceptors (Lipinski definition) is 5. The van der Waals surface area contributed by atoms with Crippen LogP contribution in [0.4, 0.5) is 13.2 Å². The van der Waals surface area contributed by atoms with Crippen molar-refractivity contribution >= 4 is 28.4 Å². The van der Waals surface area contributed by atoms with E-state index in [1.54, 1.807) is 7.11 Å². The van der Waals surface area contributed by atoms with Crippen molar-refractivity contribution in [2.45, 2.75) is 63.2 Å². The molecule has 0 aromatic heterocycles. The first-order valence-corrected chi connectivity index (χ1v) is 13.7. The summed E-state index contributed by atoms with van der Waals surface area (Å²) in [4.78, 5) is 0. The van der Waals surface area contributed by atoms with Crippen molar-refractivity contribution in [3.8, 4) is 0 Å². The zero-order valence-electron chi connectivity index (χ0n) is 14.1. The van der Waals surface area contributed by atoms with Gasteiger partial charge in [-0.3, -0.25) is 0 Å². The number of hydrogen-bond donors (Lipinski definition) is 0. The van der Waals surface area contributed by atoms with Crippen LogP contribution in [0.5, 0.6) is 0 Å². The Kier molecular flexibility index (Phi) is 9.44. The summed E-state index contributed by atoms with van der Waals surface area (Å²) in [5.41, 5.74) is -5.70. The SMILES string of the molecule is CO[Si](C)(C)CCCCCCCCS(=O)(=O)[N-]S(=O)(=O)C(F)(F)F. The molecule has 0 N–H and O–H groups in total. The highest BCUT2D eigenvalue weighted by Gasteiger charge is 2.40. The summed E-state index contributed by atoms with van der Waals surface area (Å²) in [5, 5.41) is 0. The average molecular weight is 413 g/mol. The summed E-state index contributed by atoms with van der Waals surface area (Å²) in [5.74, 6) is -0.702. The molecule has 0 aromatic rings. The molecule has 0 saturated heterocycles. The van der Waals surface area contributed by atoms with Crippen molar-refractivity contribution in [1.29, 1.82) is 0 Å². The second-order valence-electron chi connectivity index (χ2n) is 6.12. The van der Waals surface area contributed by atoms with E-state index in [4.69, 9.17) is 4.43 Å². The van der Waals surface area contributed by atoms with Crippen LogP contribution in [0.25, 0.3) is 4.13 Å². The quantitative estimate of drug-likeness (QED) is 0.360. The lowest BCUT2D eigenvalue weighted by atomic mass is 10.1. The maximum atomic E-state index is 12.1. The van der Waals surface area contributed by atoms with E-state index in [9.17, 15) is 30.0 Å². The highest BCUT2D eigenvalue weighted by atomic mass is 32.3. The van der Waals surface area contributed by atoms with Crippen molar-refractivity contribution in [3.63, 3.8) is 0 Å². The van der Waals surface area contributed by atoms with E-state index < -0.39 is 39.6 Å². The first kappa shape index (κ1) is 23.8.